The molecule has 0 fully saturated rings. The Morgan fingerprint density at radius 1 is 0.941 bits per heavy atom. The van der Waals surface area contributed by atoms with Crippen LogP contribution in [0.2, 0.25) is 0 Å². The average molecular weight is 481 g/mol. The third-order valence-corrected chi connectivity index (χ3v) is 7.60. The Kier molecular flexibility index (Phi) is 5.28. The molecule has 0 aliphatic rings. The fourth-order valence-electron chi connectivity index (χ4n) is 4.12. The molecule has 34 heavy (non-hydrogen) atoms. The molecule has 0 radical (unpaired) electrons. The van der Waals surface area contributed by atoms with Gasteiger partial charge in [0.05, 0.1) is 16.8 Å². The third-order valence-electron chi connectivity index (χ3n) is 5.75. The molecule has 5 nitrogen and oxygen atoms in total. The number of hydrogen-bond acceptors (Lipinski definition) is 5. The first-order valence-corrected chi connectivity index (χ1v) is 12.8. The molecule has 0 spiro atoms. The first kappa shape index (κ1) is 20.9. The Morgan fingerprint density at radius 2 is 1.71 bits per heavy atom. The van der Waals surface area contributed by atoms with Gasteiger partial charge in [-0.05, 0) is 36.2 Å². The zero-order valence-corrected chi connectivity index (χ0v) is 20.0. The minimum Gasteiger partial charge on any atom is -0.307 e. The first-order valence-electron chi connectivity index (χ1n) is 10.9. The Morgan fingerprint density at radius 3 is 2.47 bits per heavy atom. The quantitative estimate of drug-likeness (QED) is 0.213. The number of para-hydroxylation sites is 1. The molecule has 0 saturated heterocycles. The molecule has 0 amide bonds. The summed E-state index contributed by atoms with van der Waals surface area (Å²) in [7, 11) is 0. The highest BCUT2D eigenvalue weighted by molar-refractivity contribution is 7.98. The van der Waals surface area contributed by atoms with Crippen LogP contribution in [-0.2, 0) is 5.75 Å². The average Bonchev–Trinajstić information content (AvgIpc) is 3.49. The maximum atomic E-state index is 13.9. The minimum absolute atomic E-state index is 0.0513. The van der Waals surface area contributed by atoms with Crippen LogP contribution in [0.5, 0.6) is 0 Å². The van der Waals surface area contributed by atoms with Gasteiger partial charge in [-0.2, -0.15) is 0 Å². The molecule has 0 saturated carbocycles. The molecule has 0 N–H and O–H groups in total. The molecule has 0 atom stereocenters. The molecule has 6 aromatic rings. The van der Waals surface area contributed by atoms with E-state index < -0.39 is 0 Å². The zero-order chi connectivity index (χ0) is 23.1. The lowest BCUT2D eigenvalue weighted by Crippen LogP contribution is -2.21. The van der Waals surface area contributed by atoms with E-state index >= 15 is 0 Å². The number of rotatable bonds is 5. The molecule has 166 valence electrons. The summed E-state index contributed by atoms with van der Waals surface area (Å²) in [6.07, 6.45) is 4.04. The smallest absolute Gasteiger partial charge is 0.268 e. The van der Waals surface area contributed by atoms with E-state index in [4.69, 9.17) is 9.97 Å². The van der Waals surface area contributed by atoms with E-state index in [0.29, 0.717) is 16.3 Å². The normalized spacial score (nSPS) is 11.4. The van der Waals surface area contributed by atoms with Crippen LogP contribution in [0.15, 0.2) is 101 Å². The summed E-state index contributed by atoms with van der Waals surface area (Å²) in [5.74, 6) is 0.614. The lowest BCUT2D eigenvalue weighted by atomic mass is 10.1. The van der Waals surface area contributed by atoms with Crippen LogP contribution in [0.1, 0.15) is 11.3 Å². The van der Waals surface area contributed by atoms with Crippen molar-refractivity contribution in [2.45, 2.75) is 17.8 Å². The molecule has 0 unspecified atom stereocenters. The van der Waals surface area contributed by atoms with Gasteiger partial charge >= 0.3 is 0 Å². The van der Waals surface area contributed by atoms with Gasteiger partial charge in [-0.3, -0.25) is 9.36 Å². The van der Waals surface area contributed by atoms with Gasteiger partial charge in [0.2, 0.25) is 0 Å². The van der Waals surface area contributed by atoms with Crippen molar-refractivity contribution in [2.75, 3.05) is 0 Å². The highest BCUT2D eigenvalue weighted by atomic mass is 32.2. The molecule has 0 aliphatic heterocycles. The summed E-state index contributed by atoms with van der Waals surface area (Å²) in [6, 6.07) is 23.8. The molecule has 4 heterocycles. The number of pyridine rings is 1. The number of thiophene rings is 1. The number of imidazole rings is 1. The third kappa shape index (κ3) is 3.63. The van der Waals surface area contributed by atoms with Gasteiger partial charge in [-0.1, -0.05) is 66.4 Å². The van der Waals surface area contributed by atoms with Crippen molar-refractivity contribution in [3.05, 3.63) is 112 Å². The summed E-state index contributed by atoms with van der Waals surface area (Å²) < 4.78 is 3.77. The summed E-state index contributed by atoms with van der Waals surface area (Å²) in [4.78, 5) is 24.4. The van der Waals surface area contributed by atoms with Gasteiger partial charge in [-0.25, -0.2) is 9.97 Å². The van der Waals surface area contributed by atoms with Gasteiger partial charge in [0.1, 0.15) is 10.5 Å². The van der Waals surface area contributed by atoms with E-state index in [0.717, 1.165) is 38.5 Å². The van der Waals surface area contributed by atoms with Crippen LogP contribution in [0.3, 0.4) is 0 Å². The van der Waals surface area contributed by atoms with Crippen molar-refractivity contribution in [3.63, 3.8) is 0 Å². The van der Waals surface area contributed by atoms with Crippen LogP contribution >= 0.6 is 23.1 Å². The highest BCUT2D eigenvalue weighted by Gasteiger charge is 2.19. The van der Waals surface area contributed by atoms with E-state index in [1.807, 2.05) is 88.9 Å². The van der Waals surface area contributed by atoms with Gasteiger partial charge in [0.15, 0.2) is 5.16 Å². The Balaban J connectivity index is 1.48. The van der Waals surface area contributed by atoms with Gasteiger partial charge in [-0.15, -0.1) is 11.3 Å². The number of aryl methyl sites for hydroxylation is 1. The molecular weight excluding hydrogens is 460 g/mol. The van der Waals surface area contributed by atoms with Gasteiger partial charge < -0.3 is 4.40 Å². The van der Waals surface area contributed by atoms with Crippen molar-refractivity contribution in [1.82, 2.24) is 18.9 Å². The van der Waals surface area contributed by atoms with Crippen LogP contribution < -0.4 is 5.56 Å². The Labute approximate surface area is 204 Å². The fraction of sp³-hybridized carbons (Fsp3) is 0.0741. The van der Waals surface area contributed by atoms with Gasteiger partial charge in [0.25, 0.3) is 5.56 Å². The second-order valence-electron chi connectivity index (χ2n) is 8.01. The van der Waals surface area contributed by atoms with Crippen molar-refractivity contribution >= 4 is 39.0 Å². The predicted octanol–water partition coefficient (Wildman–Crippen LogP) is 6.36. The van der Waals surface area contributed by atoms with Crippen LogP contribution in [0.25, 0.3) is 32.7 Å². The summed E-state index contributed by atoms with van der Waals surface area (Å²) in [6.45, 7) is 2.06. The number of nitrogens with zero attached hydrogens (tertiary/aromatic N) is 4. The lowest BCUT2D eigenvalue weighted by molar-refractivity contribution is 0.822. The number of benzene rings is 2. The standard InChI is InChI=1S/C27H20N4OS2/c1-18-9-8-14-30-15-20(28-24(18)30)16-34-27-29-25-23(22(17-33-25)19-10-4-2-5-11-19)26(32)31(27)21-12-6-3-7-13-21/h2-15,17H,16H2,1H3. The molecule has 0 aliphatic carbocycles. The second-order valence-corrected chi connectivity index (χ2v) is 9.81. The Bertz CT molecular complexity index is 1680. The molecule has 4 aromatic heterocycles. The number of hydrogen-bond donors (Lipinski definition) is 0. The topological polar surface area (TPSA) is 52.2 Å². The highest BCUT2D eigenvalue weighted by Crippen LogP contribution is 2.33. The van der Waals surface area contributed by atoms with Crippen molar-refractivity contribution in [2.24, 2.45) is 0 Å². The largest absolute Gasteiger partial charge is 0.307 e. The summed E-state index contributed by atoms with van der Waals surface area (Å²) in [5, 5.41) is 3.36. The Hall–Kier alpha value is -3.68. The monoisotopic (exact) mass is 480 g/mol. The second kappa shape index (κ2) is 8.59. The molecule has 6 rings (SSSR count). The maximum absolute atomic E-state index is 13.9. The maximum Gasteiger partial charge on any atom is 0.268 e. The van der Waals surface area contributed by atoms with E-state index in [-0.39, 0.29) is 5.56 Å². The number of thioether (sulfide) groups is 1. The van der Waals surface area contributed by atoms with E-state index in [2.05, 4.69) is 13.0 Å². The summed E-state index contributed by atoms with van der Waals surface area (Å²) in [5.41, 5.74) is 5.73. The minimum atomic E-state index is -0.0513. The van der Waals surface area contributed by atoms with E-state index in [1.54, 1.807) is 4.57 Å². The van der Waals surface area contributed by atoms with E-state index in [9.17, 15) is 4.79 Å². The number of fused-ring (bicyclic) bond motifs is 2. The van der Waals surface area contributed by atoms with Crippen LogP contribution in [-0.4, -0.2) is 18.9 Å². The number of aromatic nitrogens is 4. The van der Waals surface area contributed by atoms with Gasteiger partial charge in [0, 0.05) is 29.1 Å². The first-order chi connectivity index (χ1) is 16.7. The van der Waals surface area contributed by atoms with E-state index in [1.165, 1.54) is 23.1 Å². The van der Waals surface area contributed by atoms with Crippen LogP contribution in [0, 0.1) is 6.92 Å². The fourth-order valence-corrected chi connectivity index (χ4v) is 6.00. The predicted molar refractivity (Wildman–Crippen MR) is 140 cm³/mol. The zero-order valence-electron chi connectivity index (χ0n) is 18.4. The summed E-state index contributed by atoms with van der Waals surface area (Å²) >= 11 is 3.04. The molecular formula is C27H20N4OS2. The molecule has 2 aromatic carbocycles. The molecule has 0 bridgehead atoms. The van der Waals surface area contributed by atoms with Crippen molar-refractivity contribution in [3.8, 4) is 16.8 Å². The molecule has 7 heteroatoms. The van der Waals surface area contributed by atoms with Crippen LogP contribution in [0.4, 0.5) is 0 Å². The van der Waals surface area contributed by atoms with Crippen molar-refractivity contribution in [1.29, 1.82) is 0 Å². The SMILES string of the molecule is Cc1cccn2cc(CSc3nc4scc(-c5ccccc5)c4c(=O)n3-c3ccccc3)nc12. The van der Waals surface area contributed by atoms with Crippen molar-refractivity contribution < 1.29 is 0 Å². The lowest BCUT2D eigenvalue weighted by Gasteiger charge is -2.12.